The first-order valence-electron chi connectivity index (χ1n) is 12.3. The van der Waals surface area contributed by atoms with Crippen LogP contribution in [0.3, 0.4) is 0 Å². The molecule has 0 fully saturated rings. The standard InChI is InChI=1S/C30H37NO3/c1-19-8-7-9-21(12-15-32)27(19)31-28(33)26-11-10-23(34-26)17-22-18-25-24(16-20(22)2)29(3,4)13-14-30(25,5)6/h7-11,16,18,32H,12-15,17H2,1-6H3,(H,31,33). The van der Waals surface area contributed by atoms with Gasteiger partial charge in [-0.15, -0.1) is 0 Å². The Morgan fingerprint density at radius 1 is 0.941 bits per heavy atom. The number of aliphatic hydroxyl groups excluding tert-OH is 1. The fourth-order valence-electron chi connectivity index (χ4n) is 5.15. The van der Waals surface area contributed by atoms with Crippen molar-refractivity contribution in [1.29, 1.82) is 0 Å². The quantitative estimate of drug-likeness (QED) is 0.435. The molecule has 4 rings (SSSR count). The van der Waals surface area contributed by atoms with Crippen LogP contribution in [0.1, 0.15) is 90.2 Å². The molecular weight excluding hydrogens is 422 g/mol. The van der Waals surface area contributed by atoms with Gasteiger partial charge in [0.1, 0.15) is 5.76 Å². The van der Waals surface area contributed by atoms with Crippen LogP contribution < -0.4 is 5.32 Å². The molecule has 0 saturated heterocycles. The molecule has 0 spiro atoms. The summed E-state index contributed by atoms with van der Waals surface area (Å²) in [4.78, 5) is 12.9. The number of amides is 1. The van der Waals surface area contributed by atoms with Crippen molar-refractivity contribution in [3.8, 4) is 0 Å². The van der Waals surface area contributed by atoms with Crippen molar-refractivity contribution in [2.75, 3.05) is 11.9 Å². The minimum Gasteiger partial charge on any atom is -0.456 e. The molecule has 1 aliphatic rings. The van der Waals surface area contributed by atoms with Gasteiger partial charge in [0, 0.05) is 18.7 Å². The number of fused-ring (bicyclic) bond motifs is 1. The fourth-order valence-corrected chi connectivity index (χ4v) is 5.15. The zero-order valence-corrected chi connectivity index (χ0v) is 21.3. The first-order valence-corrected chi connectivity index (χ1v) is 12.3. The average molecular weight is 460 g/mol. The van der Waals surface area contributed by atoms with Crippen molar-refractivity contribution in [3.63, 3.8) is 0 Å². The lowest BCUT2D eigenvalue weighted by Crippen LogP contribution is -2.34. The van der Waals surface area contributed by atoms with E-state index in [1.54, 1.807) is 6.07 Å². The van der Waals surface area contributed by atoms with Crippen LogP contribution in [-0.2, 0) is 23.7 Å². The Morgan fingerprint density at radius 2 is 1.62 bits per heavy atom. The molecule has 3 aromatic rings. The molecule has 2 aromatic carbocycles. The zero-order chi connectivity index (χ0) is 24.7. The number of anilines is 1. The second-order valence-electron chi connectivity index (χ2n) is 11.1. The Hall–Kier alpha value is -2.85. The predicted molar refractivity (Wildman–Crippen MR) is 138 cm³/mol. The molecule has 34 heavy (non-hydrogen) atoms. The second kappa shape index (κ2) is 9.07. The minimum atomic E-state index is -0.273. The van der Waals surface area contributed by atoms with E-state index in [1.165, 1.54) is 35.1 Å². The summed E-state index contributed by atoms with van der Waals surface area (Å²) in [5.74, 6) is 0.802. The molecule has 0 aliphatic heterocycles. The summed E-state index contributed by atoms with van der Waals surface area (Å²) in [6, 6.07) is 14.2. The van der Waals surface area contributed by atoms with E-state index < -0.39 is 0 Å². The van der Waals surface area contributed by atoms with Gasteiger partial charge in [0.25, 0.3) is 5.91 Å². The van der Waals surface area contributed by atoms with Crippen LogP contribution in [0.2, 0.25) is 0 Å². The monoisotopic (exact) mass is 459 g/mol. The van der Waals surface area contributed by atoms with Gasteiger partial charge in [0.2, 0.25) is 0 Å². The lowest BCUT2D eigenvalue weighted by molar-refractivity contribution is 0.0995. The van der Waals surface area contributed by atoms with Crippen LogP contribution in [0.4, 0.5) is 5.69 Å². The van der Waals surface area contributed by atoms with Crippen LogP contribution in [0.15, 0.2) is 46.9 Å². The summed E-state index contributed by atoms with van der Waals surface area (Å²) in [7, 11) is 0. The molecule has 4 heteroatoms. The molecule has 0 saturated carbocycles. The normalized spacial score (nSPS) is 16.2. The molecule has 180 valence electrons. The van der Waals surface area contributed by atoms with E-state index in [9.17, 15) is 9.90 Å². The lowest BCUT2D eigenvalue weighted by Gasteiger charge is -2.42. The van der Waals surface area contributed by atoms with Crippen LogP contribution in [-0.4, -0.2) is 17.6 Å². The number of nitrogens with one attached hydrogen (secondary N) is 1. The minimum absolute atomic E-state index is 0.0331. The van der Waals surface area contributed by atoms with Gasteiger partial charge in [-0.3, -0.25) is 4.79 Å². The maximum absolute atomic E-state index is 12.9. The van der Waals surface area contributed by atoms with Crippen molar-refractivity contribution < 1.29 is 14.3 Å². The smallest absolute Gasteiger partial charge is 0.291 e. The molecular formula is C30H37NO3. The second-order valence-corrected chi connectivity index (χ2v) is 11.1. The van der Waals surface area contributed by atoms with Crippen LogP contribution in [0, 0.1) is 13.8 Å². The molecule has 4 nitrogen and oxygen atoms in total. The summed E-state index contributed by atoms with van der Waals surface area (Å²) in [5.41, 5.74) is 8.37. The number of para-hydroxylation sites is 1. The van der Waals surface area contributed by atoms with Crippen molar-refractivity contribution in [2.24, 2.45) is 0 Å². The van der Waals surface area contributed by atoms with Crippen molar-refractivity contribution in [2.45, 2.75) is 78.1 Å². The number of hydrogen-bond donors (Lipinski definition) is 2. The largest absolute Gasteiger partial charge is 0.456 e. The highest BCUT2D eigenvalue weighted by Gasteiger charge is 2.37. The van der Waals surface area contributed by atoms with E-state index in [0.29, 0.717) is 18.6 Å². The highest BCUT2D eigenvalue weighted by Crippen LogP contribution is 2.46. The van der Waals surface area contributed by atoms with E-state index in [4.69, 9.17) is 4.42 Å². The van der Waals surface area contributed by atoms with E-state index in [2.05, 4.69) is 52.1 Å². The number of aliphatic hydroxyl groups is 1. The maximum Gasteiger partial charge on any atom is 0.291 e. The van der Waals surface area contributed by atoms with Gasteiger partial charge in [0.15, 0.2) is 5.76 Å². The molecule has 0 unspecified atom stereocenters. The van der Waals surface area contributed by atoms with Gasteiger partial charge in [-0.25, -0.2) is 0 Å². The Morgan fingerprint density at radius 3 is 2.29 bits per heavy atom. The summed E-state index contributed by atoms with van der Waals surface area (Å²) in [5, 5.41) is 12.3. The highest BCUT2D eigenvalue weighted by atomic mass is 16.3. The van der Waals surface area contributed by atoms with E-state index in [1.807, 2.05) is 31.2 Å². The zero-order valence-electron chi connectivity index (χ0n) is 21.3. The summed E-state index contributed by atoms with van der Waals surface area (Å²) in [6.07, 6.45) is 3.52. The average Bonchev–Trinajstić information content (AvgIpc) is 3.24. The number of rotatable bonds is 6. The number of carbonyl (C=O) groups is 1. The molecule has 0 atom stereocenters. The van der Waals surface area contributed by atoms with Crippen molar-refractivity contribution in [1.82, 2.24) is 0 Å². The van der Waals surface area contributed by atoms with E-state index in [-0.39, 0.29) is 23.3 Å². The number of aryl methyl sites for hydroxylation is 2. The van der Waals surface area contributed by atoms with E-state index in [0.717, 1.165) is 22.6 Å². The number of carbonyl (C=O) groups excluding carboxylic acids is 1. The Labute approximate surface area is 203 Å². The van der Waals surface area contributed by atoms with E-state index >= 15 is 0 Å². The number of hydrogen-bond acceptors (Lipinski definition) is 3. The number of furan rings is 1. The molecule has 0 bridgehead atoms. The topological polar surface area (TPSA) is 62.5 Å². The van der Waals surface area contributed by atoms with Crippen LogP contribution >= 0.6 is 0 Å². The van der Waals surface area contributed by atoms with Gasteiger partial charge in [-0.1, -0.05) is 58.0 Å². The third-order valence-corrected chi connectivity index (χ3v) is 7.54. The predicted octanol–water partition coefficient (Wildman–Crippen LogP) is 6.62. The van der Waals surface area contributed by atoms with Crippen molar-refractivity contribution in [3.05, 3.63) is 87.4 Å². The summed E-state index contributed by atoms with van der Waals surface area (Å²) >= 11 is 0. The molecule has 1 aromatic heterocycles. The SMILES string of the molecule is Cc1cc2c(cc1Cc1ccc(C(=O)Nc3c(C)cccc3CCO)o1)C(C)(C)CCC2(C)C. The third kappa shape index (κ3) is 4.69. The summed E-state index contributed by atoms with van der Waals surface area (Å²) in [6.45, 7) is 13.5. The molecule has 1 amide bonds. The Kier molecular flexibility index (Phi) is 6.48. The Balaban J connectivity index is 1.57. The van der Waals surface area contributed by atoms with Gasteiger partial charge in [0.05, 0.1) is 0 Å². The first kappa shape index (κ1) is 24.3. The summed E-state index contributed by atoms with van der Waals surface area (Å²) < 4.78 is 5.99. The fraction of sp³-hybridized carbons (Fsp3) is 0.433. The molecule has 2 N–H and O–H groups in total. The van der Waals surface area contributed by atoms with Crippen molar-refractivity contribution >= 4 is 11.6 Å². The van der Waals surface area contributed by atoms with Gasteiger partial charge in [-0.05, 0) is 89.5 Å². The van der Waals surface area contributed by atoms with Gasteiger partial charge >= 0.3 is 0 Å². The third-order valence-electron chi connectivity index (χ3n) is 7.54. The van der Waals surface area contributed by atoms with Gasteiger partial charge < -0.3 is 14.8 Å². The van der Waals surface area contributed by atoms with Crippen LogP contribution in [0.25, 0.3) is 0 Å². The highest BCUT2D eigenvalue weighted by molar-refractivity contribution is 6.03. The first-order chi connectivity index (χ1) is 16.0. The maximum atomic E-state index is 12.9. The van der Waals surface area contributed by atoms with Crippen LogP contribution in [0.5, 0.6) is 0 Å². The Bertz CT molecular complexity index is 1220. The molecule has 0 radical (unpaired) electrons. The molecule has 1 aliphatic carbocycles. The molecule has 1 heterocycles. The van der Waals surface area contributed by atoms with Gasteiger partial charge in [-0.2, -0.15) is 0 Å². The lowest BCUT2D eigenvalue weighted by atomic mass is 9.62. The number of benzene rings is 2.